The summed E-state index contributed by atoms with van der Waals surface area (Å²) in [5.74, 6) is 0. The van der Waals surface area contributed by atoms with E-state index in [0.29, 0.717) is 0 Å². The average molecular weight is 939 g/mol. The molecule has 0 aliphatic heterocycles. The van der Waals surface area contributed by atoms with Gasteiger partial charge in [-0.05, 0) is 204 Å². The number of aryl methyl sites for hydroxylation is 11. The van der Waals surface area contributed by atoms with Gasteiger partial charge in [-0.2, -0.15) is 0 Å². The van der Waals surface area contributed by atoms with Crippen molar-refractivity contribution < 1.29 is 0 Å². The molecule has 0 N–H and O–H groups in total. The van der Waals surface area contributed by atoms with Crippen LogP contribution in [0.25, 0.3) is 11.1 Å². The Labute approximate surface area is 429 Å². The van der Waals surface area contributed by atoms with Crippen molar-refractivity contribution in [3.8, 4) is 11.1 Å². The van der Waals surface area contributed by atoms with E-state index in [2.05, 4.69) is 200 Å². The molecule has 0 spiro atoms. The summed E-state index contributed by atoms with van der Waals surface area (Å²) in [6.45, 7) is 20.4. The number of anilines is 6. The van der Waals surface area contributed by atoms with Crippen molar-refractivity contribution >= 4 is 34.1 Å². The third-order valence-electron chi connectivity index (χ3n) is 16.4. The molecule has 0 aromatic heterocycles. The molecule has 0 saturated heterocycles. The Morgan fingerprint density at radius 1 is 0.366 bits per heavy atom. The number of fused-ring (bicyclic) bond motifs is 4. The maximum absolute atomic E-state index is 2.65. The first-order valence-corrected chi connectivity index (χ1v) is 27.7. The Hall–Kier alpha value is -5.86. The van der Waals surface area contributed by atoms with E-state index in [4.69, 9.17) is 0 Å². The van der Waals surface area contributed by atoms with Crippen LogP contribution in [0.2, 0.25) is 0 Å². The molecular formula is C69H82N2. The molecule has 0 bridgehead atoms. The van der Waals surface area contributed by atoms with Gasteiger partial charge in [0.1, 0.15) is 0 Å². The summed E-state index contributed by atoms with van der Waals surface area (Å²) in [6.07, 6.45) is 21.6. The second-order valence-electron chi connectivity index (χ2n) is 22.1. The Balaban J connectivity index is 1.14. The second kappa shape index (κ2) is 22.3. The molecule has 0 heterocycles. The van der Waals surface area contributed by atoms with Crippen LogP contribution in [-0.2, 0) is 24.7 Å². The van der Waals surface area contributed by atoms with Gasteiger partial charge in [0.25, 0.3) is 0 Å². The quantitative estimate of drug-likeness (QED) is 0.0625. The van der Waals surface area contributed by atoms with E-state index in [1.807, 2.05) is 0 Å². The van der Waals surface area contributed by atoms with Crippen molar-refractivity contribution in [2.24, 2.45) is 0 Å². The third-order valence-corrected chi connectivity index (χ3v) is 16.4. The van der Waals surface area contributed by atoms with Gasteiger partial charge in [-0.1, -0.05) is 179 Å². The van der Waals surface area contributed by atoms with Gasteiger partial charge < -0.3 is 9.80 Å². The Morgan fingerprint density at radius 2 is 0.775 bits per heavy atom. The van der Waals surface area contributed by atoms with Crippen molar-refractivity contribution in [1.82, 2.24) is 0 Å². The maximum Gasteiger partial charge on any atom is 0.0520 e. The molecule has 0 saturated carbocycles. The van der Waals surface area contributed by atoms with E-state index in [1.54, 1.807) is 16.7 Å². The molecule has 0 fully saturated rings. The highest BCUT2D eigenvalue weighted by atomic mass is 15.2. The second-order valence-corrected chi connectivity index (χ2v) is 22.1. The van der Waals surface area contributed by atoms with Gasteiger partial charge in [-0.25, -0.2) is 0 Å². The van der Waals surface area contributed by atoms with Crippen molar-refractivity contribution in [1.29, 1.82) is 0 Å². The van der Waals surface area contributed by atoms with Gasteiger partial charge in [0.2, 0.25) is 0 Å². The highest BCUT2D eigenvalue weighted by Gasteiger charge is 2.43. The minimum atomic E-state index is -0.122. The fraction of sp³-hybridized carbons (Fsp3) is 0.391. The molecule has 2 aliphatic carbocycles. The zero-order chi connectivity index (χ0) is 49.6. The Bertz CT molecular complexity index is 2750. The van der Waals surface area contributed by atoms with Gasteiger partial charge in [0, 0.05) is 28.2 Å². The zero-order valence-electron chi connectivity index (χ0n) is 45.0. The highest BCUT2D eigenvalue weighted by molar-refractivity contribution is 5.90. The molecule has 7 aromatic carbocycles. The molecule has 368 valence electrons. The molecule has 7 aromatic rings. The lowest BCUT2D eigenvalue weighted by molar-refractivity contribution is 0.397. The molecular weight excluding hydrogens is 857 g/mol. The van der Waals surface area contributed by atoms with Gasteiger partial charge >= 0.3 is 0 Å². The molecule has 71 heavy (non-hydrogen) atoms. The molecule has 2 aliphatic rings. The van der Waals surface area contributed by atoms with E-state index in [9.17, 15) is 0 Å². The predicted octanol–water partition coefficient (Wildman–Crippen LogP) is 20.2. The van der Waals surface area contributed by atoms with Crippen LogP contribution >= 0.6 is 0 Å². The van der Waals surface area contributed by atoms with Gasteiger partial charge in [0.15, 0.2) is 0 Å². The lowest BCUT2D eigenvalue weighted by Crippen LogP contribution is -2.26. The molecule has 2 nitrogen and oxygen atoms in total. The molecule has 0 unspecified atom stereocenters. The number of hydrogen-bond acceptors (Lipinski definition) is 2. The average Bonchev–Trinajstić information content (AvgIpc) is 3.60. The van der Waals surface area contributed by atoms with Crippen molar-refractivity contribution in [2.45, 2.75) is 177 Å². The SMILES string of the molecule is CCCCCCCCC1(CCCCCCCCc2ccc3c(c2)CC3)c2cc(N(c3ccc(C)cc3)c3c(C)cc(C)cc3C)ccc2-c2ccc(N(c3ccc(C)cc3)c3c(C)cc(C)cc3C)cc21. The summed E-state index contributed by atoms with van der Waals surface area (Å²) < 4.78 is 0. The number of unbranched alkanes of at least 4 members (excludes halogenated alkanes) is 10. The van der Waals surface area contributed by atoms with E-state index in [-0.39, 0.29) is 5.41 Å². The van der Waals surface area contributed by atoms with Crippen LogP contribution in [0, 0.1) is 55.4 Å². The fourth-order valence-corrected chi connectivity index (χ4v) is 12.7. The van der Waals surface area contributed by atoms with Crippen LogP contribution in [0.4, 0.5) is 34.1 Å². The Kier molecular flexibility index (Phi) is 15.7. The van der Waals surface area contributed by atoms with Gasteiger partial charge in [0.05, 0.1) is 11.4 Å². The summed E-state index contributed by atoms with van der Waals surface area (Å²) in [5.41, 5.74) is 28.4. The number of nitrogens with zero attached hydrogens (tertiary/aromatic N) is 2. The summed E-state index contributed by atoms with van der Waals surface area (Å²) in [4.78, 5) is 5.13. The fourth-order valence-electron chi connectivity index (χ4n) is 12.7. The first kappa shape index (κ1) is 50.1. The minimum absolute atomic E-state index is 0.122. The van der Waals surface area contributed by atoms with E-state index >= 15 is 0 Å². The molecule has 0 amide bonds. The number of hydrogen-bond donors (Lipinski definition) is 0. The Morgan fingerprint density at radius 3 is 1.20 bits per heavy atom. The monoisotopic (exact) mass is 939 g/mol. The summed E-state index contributed by atoms with van der Waals surface area (Å²) >= 11 is 0. The molecule has 9 rings (SSSR count). The first-order chi connectivity index (χ1) is 34.4. The molecule has 0 radical (unpaired) electrons. The molecule has 0 atom stereocenters. The van der Waals surface area contributed by atoms with E-state index in [1.165, 1.54) is 197 Å². The van der Waals surface area contributed by atoms with Crippen LogP contribution in [-0.4, -0.2) is 0 Å². The zero-order valence-corrected chi connectivity index (χ0v) is 45.0. The summed E-state index contributed by atoms with van der Waals surface area (Å²) in [6, 6.07) is 50.2. The predicted molar refractivity (Wildman–Crippen MR) is 308 cm³/mol. The lowest BCUT2D eigenvalue weighted by Gasteiger charge is -2.36. The van der Waals surface area contributed by atoms with Gasteiger partial charge in [-0.15, -0.1) is 0 Å². The first-order valence-electron chi connectivity index (χ1n) is 27.7. The van der Waals surface area contributed by atoms with Crippen LogP contribution in [0.5, 0.6) is 0 Å². The van der Waals surface area contributed by atoms with Crippen molar-refractivity contribution in [3.05, 3.63) is 200 Å². The summed E-state index contributed by atoms with van der Waals surface area (Å²) in [7, 11) is 0. The van der Waals surface area contributed by atoms with Crippen LogP contribution in [0.1, 0.15) is 169 Å². The topological polar surface area (TPSA) is 6.48 Å². The summed E-state index contributed by atoms with van der Waals surface area (Å²) in [5, 5.41) is 0. The smallest absolute Gasteiger partial charge is 0.0520 e. The van der Waals surface area contributed by atoms with E-state index < -0.39 is 0 Å². The maximum atomic E-state index is 2.65. The molecule has 2 heteroatoms. The minimum Gasteiger partial charge on any atom is -0.310 e. The van der Waals surface area contributed by atoms with Crippen LogP contribution in [0.15, 0.2) is 127 Å². The van der Waals surface area contributed by atoms with Crippen molar-refractivity contribution in [3.63, 3.8) is 0 Å². The number of benzene rings is 7. The van der Waals surface area contributed by atoms with E-state index in [0.717, 1.165) is 12.8 Å². The largest absolute Gasteiger partial charge is 0.310 e. The third kappa shape index (κ3) is 10.8. The number of rotatable bonds is 22. The van der Waals surface area contributed by atoms with Crippen LogP contribution < -0.4 is 9.80 Å². The van der Waals surface area contributed by atoms with Gasteiger partial charge in [-0.3, -0.25) is 0 Å². The van der Waals surface area contributed by atoms with Crippen LogP contribution in [0.3, 0.4) is 0 Å². The normalized spacial score (nSPS) is 13.1. The lowest BCUT2D eigenvalue weighted by atomic mass is 9.70. The van der Waals surface area contributed by atoms with Crippen molar-refractivity contribution in [2.75, 3.05) is 9.80 Å². The highest BCUT2D eigenvalue weighted by Crippen LogP contribution is 2.57. The standard InChI is InChI=1S/C69H82N2/c1-10-11-12-13-17-20-39-69(40-21-18-15-14-16-19-22-56-27-28-57-29-30-58(57)45-56)65-46-61(70(59-31-23-48(2)24-32-59)67-52(6)41-50(4)42-53(67)7)35-37-63(65)64-38-36-62(47-66(64)69)71(60-33-25-49(3)26-34-60)68-54(8)43-51(5)44-55(68)9/h23-28,31-38,41-47H,10-22,29-30,39-40H2,1-9H3.